The Balaban J connectivity index is -0.0000000881. The van der Waals surface area contributed by atoms with Gasteiger partial charge >= 0.3 is 0 Å². The van der Waals surface area contributed by atoms with Gasteiger partial charge in [0.05, 0.1) is 48.8 Å². The monoisotopic (exact) mass is 1640 g/mol. The minimum atomic E-state index is -0.245. The van der Waals surface area contributed by atoms with Gasteiger partial charge in [-0.25, -0.2) is 0 Å². The van der Waals surface area contributed by atoms with Gasteiger partial charge < -0.3 is 70.3 Å². The summed E-state index contributed by atoms with van der Waals surface area (Å²) in [5, 5.41) is 78.2. The first-order valence-corrected chi connectivity index (χ1v) is 37.8. The fraction of sp³-hybridized carbons (Fsp3) is 1.00. The van der Waals surface area contributed by atoms with Crippen molar-refractivity contribution in [2.24, 2.45) is 43.3 Å². The van der Waals surface area contributed by atoms with E-state index in [9.17, 15) is 40.9 Å². The summed E-state index contributed by atoms with van der Waals surface area (Å²) < 4.78 is 0. The van der Waals surface area contributed by atoms with Crippen LogP contribution >= 0.6 is 0 Å². The molecule has 0 rings (SSSR count). The van der Waals surface area contributed by atoms with Gasteiger partial charge in [0.25, 0.3) is 0 Å². The molecule has 0 saturated heterocycles. The molecule has 16 nitrogen and oxygen atoms in total. The van der Waals surface area contributed by atoms with Gasteiger partial charge in [-0.2, -0.15) is 0 Å². The van der Waals surface area contributed by atoms with Crippen molar-refractivity contribution in [1.82, 2.24) is 39.2 Å². The minimum absolute atomic E-state index is 0. The molecule has 0 aromatic carbocycles. The molecule has 0 aliphatic rings. The molecule has 0 fully saturated rings. The molecule has 0 saturated carbocycles. The van der Waals surface area contributed by atoms with Crippen molar-refractivity contribution in [3.05, 3.63) is 0 Å². The number of nitrogens with zero attached hydrogens (tertiary/aromatic N) is 8. The van der Waals surface area contributed by atoms with E-state index in [0.29, 0.717) is 24.2 Å². The predicted octanol–water partition coefficient (Wildman–Crippen LogP) is 13.9. The second-order valence-electron chi connectivity index (χ2n) is 37.2. The Morgan fingerprint density at radius 3 is 0.480 bits per heavy atom. The van der Waals surface area contributed by atoms with Crippen LogP contribution in [0.2, 0.25) is 0 Å². The number of rotatable bonds is 28. The fourth-order valence-corrected chi connectivity index (χ4v) is 7.31. The van der Waals surface area contributed by atoms with Gasteiger partial charge in [0.2, 0.25) is 0 Å². The van der Waals surface area contributed by atoms with Crippen molar-refractivity contribution >= 4 is 0 Å². The first-order chi connectivity index (χ1) is 42.6. The first-order valence-electron chi connectivity index (χ1n) is 37.8. The molecule has 0 aliphatic carbocycles. The molecule has 0 aromatic rings. The number of hydrogen-bond acceptors (Lipinski definition) is 16. The average Bonchev–Trinajstić information content (AvgIpc) is 1.03. The van der Waals surface area contributed by atoms with Crippen LogP contribution in [-0.4, -0.2) is 286 Å². The van der Waals surface area contributed by atoms with Crippen LogP contribution in [0.1, 0.15) is 277 Å². The third-order valence-electron chi connectivity index (χ3n) is 18.5. The topological polar surface area (TPSA) is 188 Å². The maximum Gasteiger partial charge on any atom is 0.0715 e. The van der Waals surface area contributed by atoms with Crippen molar-refractivity contribution in [1.29, 1.82) is 0 Å². The Morgan fingerprint density at radius 1 is 0.210 bits per heavy atom. The van der Waals surface area contributed by atoms with E-state index in [1.165, 1.54) is 0 Å². The zero-order chi connectivity index (χ0) is 78.9. The molecular weight excluding hydrogens is 1460 g/mol. The smallest absolute Gasteiger partial charge is 0.0715 e. The summed E-state index contributed by atoms with van der Waals surface area (Å²) in [6.07, 6.45) is -1.88. The number of aliphatic hydroxyl groups is 8. The van der Waals surface area contributed by atoms with Gasteiger partial charge in [0.1, 0.15) is 0 Å². The van der Waals surface area contributed by atoms with Gasteiger partial charge in [-0.05, 0) is 179 Å². The standard InChI is InChI=1S/2C11H25NO.4C10H23NO.2C9H21NO.4Cu/c2*1-7-12(9(2)3)8-10(13)11(4,5)6;2*1-8(2)11(6)7-9(12)10(3,4)5;2*1-6-11(7-2)8-9(12)10(3,4)5;2*1-6-10(5)7-8(11)9(2,3)4;;;;/h2*9-10,13H,7-8H2,1-6H3;2*8-9,12H,7H2,1-6H3;2*9,12H,6-8H2,1-5H3;2*8,11H,6-7H2,1-5H3;;;;. The van der Waals surface area contributed by atoms with Gasteiger partial charge in [-0.1, -0.05) is 222 Å². The van der Waals surface area contributed by atoms with Gasteiger partial charge in [0.15, 0.2) is 0 Å². The fourth-order valence-electron chi connectivity index (χ4n) is 7.31. The van der Waals surface area contributed by atoms with E-state index in [-0.39, 0.29) is 160 Å². The molecule has 0 aliphatic heterocycles. The van der Waals surface area contributed by atoms with Gasteiger partial charge in [-0.3, -0.25) is 9.80 Å². The Bertz CT molecular complexity index is 1570. The van der Waals surface area contributed by atoms with Crippen molar-refractivity contribution in [2.75, 3.05) is 133 Å². The van der Waals surface area contributed by atoms with E-state index in [2.05, 4.69) is 316 Å². The molecular formula is C80H184Cu4N8O8. The number of aliphatic hydroxyl groups excluding tert-OH is 8. The van der Waals surface area contributed by atoms with Gasteiger partial charge in [-0.15, -0.1) is 0 Å². The van der Waals surface area contributed by atoms with Crippen molar-refractivity contribution in [3.63, 3.8) is 0 Å². The minimum Gasteiger partial charge on any atom is -0.391 e. The molecule has 8 atom stereocenters. The third-order valence-corrected chi connectivity index (χ3v) is 18.5. The van der Waals surface area contributed by atoms with Crippen LogP contribution in [0.15, 0.2) is 0 Å². The summed E-state index contributed by atoms with van der Waals surface area (Å²) in [5.74, 6) is 0. The maximum absolute atomic E-state index is 9.89. The summed E-state index contributed by atoms with van der Waals surface area (Å²) >= 11 is 0. The van der Waals surface area contributed by atoms with E-state index in [0.717, 1.165) is 105 Å². The summed E-state index contributed by atoms with van der Waals surface area (Å²) in [5.41, 5.74) is -0.0328. The van der Waals surface area contributed by atoms with Crippen LogP contribution in [-0.2, 0) is 68.3 Å². The van der Waals surface area contributed by atoms with Gasteiger partial charge in [0, 0.05) is 145 Å². The van der Waals surface area contributed by atoms with Crippen LogP contribution in [0.3, 0.4) is 0 Å². The van der Waals surface area contributed by atoms with Crippen molar-refractivity contribution in [3.8, 4) is 0 Å². The Kier molecular flexibility index (Phi) is 80.7. The molecule has 100 heavy (non-hydrogen) atoms. The molecule has 20 heteroatoms. The quantitative estimate of drug-likeness (QED) is 0.0345. The molecule has 8 unspecified atom stereocenters. The zero-order valence-corrected chi connectivity index (χ0v) is 78.4. The van der Waals surface area contributed by atoms with E-state index in [1.54, 1.807) is 0 Å². The zero-order valence-electron chi connectivity index (χ0n) is 74.6. The van der Waals surface area contributed by atoms with E-state index >= 15 is 0 Å². The molecule has 636 valence electrons. The maximum atomic E-state index is 9.89. The Morgan fingerprint density at radius 2 is 0.360 bits per heavy atom. The molecule has 0 spiro atoms. The first kappa shape index (κ1) is 128. The van der Waals surface area contributed by atoms with E-state index < -0.39 is 0 Å². The van der Waals surface area contributed by atoms with E-state index in [1.807, 2.05) is 28.2 Å². The molecule has 0 aromatic heterocycles. The molecule has 8 N–H and O–H groups in total. The summed E-state index contributed by atoms with van der Waals surface area (Å²) in [7, 11) is 8.13. The number of likely N-dealkylation sites (N-methyl/N-ethyl adjacent to an activating group) is 8. The average molecular weight is 1640 g/mol. The normalized spacial score (nSPS) is 14.9. The Hall–Kier alpha value is 1.44. The van der Waals surface area contributed by atoms with Crippen molar-refractivity contribution < 1.29 is 109 Å². The summed E-state index contributed by atoms with van der Waals surface area (Å²) in [6.45, 7) is 98.0. The molecule has 4 radical (unpaired) electrons. The van der Waals surface area contributed by atoms with Crippen LogP contribution in [0.5, 0.6) is 0 Å². The molecule has 0 heterocycles. The second-order valence-corrected chi connectivity index (χ2v) is 37.2. The number of hydrogen-bond donors (Lipinski definition) is 8. The largest absolute Gasteiger partial charge is 0.391 e. The summed E-state index contributed by atoms with van der Waals surface area (Å²) in [4.78, 5) is 17.6. The van der Waals surface area contributed by atoms with Crippen LogP contribution in [0.25, 0.3) is 0 Å². The third kappa shape index (κ3) is 74.9. The molecule has 0 amide bonds. The van der Waals surface area contributed by atoms with Crippen molar-refractivity contribution in [2.45, 2.75) is 350 Å². The second kappa shape index (κ2) is 63.1. The molecule has 0 bridgehead atoms. The Labute approximate surface area is 669 Å². The summed E-state index contributed by atoms with van der Waals surface area (Å²) in [6, 6.07) is 2.04. The van der Waals surface area contributed by atoms with Crippen LogP contribution in [0.4, 0.5) is 0 Å². The van der Waals surface area contributed by atoms with Crippen LogP contribution < -0.4 is 0 Å². The van der Waals surface area contributed by atoms with E-state index in [4.69, 9.17) is 0 Å². The SMILES string of the molecule is CC(C)N(C)CC(O)C(C)(C)C.CC(C)N(C)CC(O)C(C)(C)C.CCN(C)CC(O)C(C)(C)C.CCN(C)CC(O)C(C)(C)C.CCN(CC(O)C(C)(C)C)C(C)C.CCN(CC(O)C(C)(C)C)C(C)C.CCN(CC)CC(O)C(C)(C)C.CCN(CC)CC(O)C(C)(C)C.[Cu].[Cu].[Cu].[Cu]. The van der Waals surface area contributed by atoms with Crippen LogP contribution in [0, 0.1) is 43.3 Å². The predicted molar refractivity (Wildman–Crippen MR) is 426 cm³/mol.